The first-order chi connectivity index (χ1) is 8.83. The summed E-state index contributed by atoms with van der Waals surface area (Å²) in [5.74, 6) is 0. The normalized spacial score (nSPS) is 27.2. The minimum absolute atomic E-state index is 0.276. The van der Waals surface area contributed by atoms with Crippen molar-refractivity contribution in [2.45, 2.75) is 77.5 Å². The van der Waals surface area contributed by atoms with E-state index in [0.29, 0.717) is 12.1 Å². The molecule has 3 atom stereocenters. The van der Waals surface area contributed by atoms with E-state index < -0.39 is 0 Å². The van der Waals surface area contributed by atoms with Crippen LogP contribution in [0.2, 0.25) is 0 Å². The van der Waals surface area contributed by atoms with Gasteiger partial charge in [0.15, 0.2) is 0 Å². The van der Waals surface area contributed by atoms with E-state index in [9.17, 15) is 0 Å². The Morgan fingerprint density at radius 1 is 0.944 bits per heavy atom. The average molecular weight is 257 g/mol. The Hall–Kier alpha value is -0.120. The van der Waals surface area contributed by atoms with Crippen molar-refractivity contribution in [3.63, 3.8) is 0 Å². The molecule has 1 aliphatic rings. The van der Waals surface area contributed by atoms with E-state index in [2.05, 4.69) is 26.1 Å². The molecule has 1 saturated carbocycles. The van der Waals surface area contributed by atoms with Gasteiger partial charge in [0, 0.05) is 19.3 Å². The molecule has 0 heterocycles. The summed E-state index contributed by atoms with van der Waals surface area (Å²) in [6.45, 7) is 9.41. The predicted octanol–water partition coefficient (Wildman–Crippen LogP) is 3.13. The number of hydrogen-bond donors (Lipinski definition) is 1. The fourth-order valence-electron chi connectivity index (χ4n) is 2.34. The summed E-state index contributed by atoms with van der Waals surface area (Å²) in [5.41, 5.74) is 0. The molecule has 108 valence electrons. The summed E-state index contributed by atoms with van der Waals surface area (Å²) in [6, 6.07) is 0.507. The average Bonchev–Trinajstić information content (AvgIpc) is 2.36. The van der Waals surface area contributed by atoms with E-state index in [-0.39, 0.29) is 6.10 Å². The number of ether oxygens (including phenoxy) is 2. The Balaban J connectivity index is 2.20. The first-order valence-electron chi connectivity index (χ1n) is 7.80. The predicted molar refractivity (Wildman–Crippen MR) is 76.0 cm³/mol. The quantitative estimate of drug-likeness (QED) is 0.577. The Kier molecular flexibility index (Phi) is 8.64. The van der Waals surface area contributed by atoms with Crippen LogP contribution in [0.3, 0.4) is 0 Å². The maximum Gasteiger partial charge on any atom is 0.0990 e. The first-order valence-corrected chi connectivity index (χ1v) is 7.80. The molecule has 3 nitrogen and oxygen atoms in total. The highest BCUT2D eigenvalue weighted by molar-refractivity contribution is 4.97. The van der Waals surface area contributed by atoms with E-state index in [0.717, 1.165) is 32.6 Å². The Labute approximate surface area is 113 Å². The van der Waals surface area contributed by atoms with Gasteiger partial charge >= 0.3 is 0 Å². The van der Waals surface area contributed by atoms with Gasteiger partial charge < -0.3 is 14.8 Å². The highest BCUT2D eigenvalue weighted by Gasteiger charge is 2.42. The summed E-state index contributed by atoms with van der Waals surface area (Å²) in [7, 11) is 0. The third-order valence-corrected chi connectivity index (χ3v) is 3.50. The maximum absolute atomic E-state index is 5.93. The van der Waals surface area contributed by atoms with Gasteiger partial charge in [-0.05, 0) is 32.2 Å². The van der Waals surface area contributed by atoms with Gasteiger partial charge in [-0.2, -0.15) is 0 Å². The highest BCUT2D eigenvalue weighted by atomic mass is 16.5. The molecule has 0 amide bonds. The van der Waals surface area contributed by atoms with Crippen LogP contribution in [0.15, 0.2) is 0 Å². The molecule has 0 bridgehead atoms. The molecule has 1 N–H and O–H groups in total. The lowest BCUT2D eigenvalue weighted by atomic mass is 9.85. The maximum atomic E-state index is 5.93. The van der Waals surface area contributed by atoms with Crippen LogP contribution in [0, 0.1) is 0 Å². The minimum atomic E-state index is 0.276. The lowest BCUT2D eigenvalue weighted by molar-refractivity contribution is -0.147. The molecule has 0 saturated heterocycles. The van der Waals surface area contributed by atoms with Gasteiger partial charge in [0.25, 0.3) is 0 Å². The van der Waals surface area contributed by atoms with E-state index in [1.165, 1.54) is 25.7 Å². The van der Waals surface area contributed by atoms with E-state index in [1.54, 1.807) is 0 Å². The van der Waals surface area contributed by atoms with Crippen LogP contribution in [-0.4, -0.2) is 38.0 Å². The van der Waals surface area contributed by atoms with Crippen molar-refractivity contribution in [3.8, 4) is 0 Å². The Morgan fingerprint density at radius 3 is 2.44 bits per heavy atom. The second kappa shape index (κ2) is 9.76. The summed E-state index contributed by atoms with van der Waals surface area (Å²) in [5, 5.41) is 3.55. The van der Waals surface area contributed by atoms with Gasteiger partial charge in [0.1, 0.15) is 0 Å². The van der Waals surface area contributed by atoms with E-state index in [4.69, 9.17) is 9.47 Å². The topological polar surface area (TPSA) is 30.5 Å². The van der Waals surface area contributed by atoms with E-state index >= 15 is 0 Å². The Bertz CT molecular complexity index is 197. The number of unbranched alkanes of at least 4 members (excludes halogenated alkanes) is 2. The lowest BCUT2D eigenvalue weighted by Gasteiger charge is -2.44. The smallest absolute Gasteiger partial charge is 0.0990 e. The number of rotatable bonds is 11. The molecule has 1 rings (SSSR count). The molecule has 0 radical (unpaired) electrons. The van der Waals surface area contributed by atoms with Crippen LogP contribution >= 0.6 is 0 Å². The molecule has 1 aliphatic carbocycles. The fraction of sp³-hybridized carbons (Fsp3) is 1.00. The van der Waals surface area contributed by atoms with Gasteiger partial charge in [-0.3, -0.25) is 0 Å². The van der Waals surface area contributed by atoms with E-state index in [1.807, 2.05) is 0 Å². The highest BCUT2D eigenvalue weighted by Crippen LogP contribution is 2.28. The molecule has 0 aromatic rings. The molecule has 3 unspecified atom stereocenters. The molecular weight excluding hydrogens is 226 g/mol. The third-order valence-electron chi connectivity index (χ3n) is 3.50. The van der Waals surface area contributed by atoms with Crippen LogP contribution < -0.4 is 5.32 Å². The van der Waals surface area contributed by atoms with Crippen LogP contribution in [0.5, 0.6) is 0 Å². The molecule has 0 aliphatic heterocycles. The largest absolute Gasteiger partial charge is 0.375 e. The van der Waals surface area contributed by atoms with Crippen LogP contribution in [0.1, 0.15) is 59.3 Å². The third kappa shape index (κ3) is 5.25. The summed E-state index contributed by atoms with van der Waals surface area (Å²) in [6.07, 6.45) is 7.68. The number of hydrogen-bond acceptors (Lipinski definition) is 3. The zero-order chi connectivity index (χ0) is 13.2. The second-order valence-electron chi connectivity index (χ2n) is 5.25. The van der Waals surface area contributed by atoms with Crippen molar-refractivity contribution >= 4 is 0 Å². The zero-order valence-electron chi connectivity index (χ0n) is 12.4. The molecule has 3 heteroatoms. The second-order valence-corrected chi connectivity index (χ2v) is 5.25. The molecule has 0 aromatic heterocycles. The molecule has 1 fully saturated rings. The van der Waals surface area contributed by atoms with Gasteiger partial charge in [-0.1, -0.05) is 33.6 Å². The Morgan fingerprint density at radius 2 is 1.78 bits per heavy atom. The van der Waals surface area contributed by atoms with Gasteiger partial charge in [0.2, 0.25) is 0 Å². The van der Waals surface area contributed by atoms with Crippen molar-refractivity contribution in [2.24, 2.45) is 0 Å². The van der Waals surface area contributed by atoms with Gasteiger partial charge in [0.05, 0.1) is 12.2 Å². The fourth-order valence-corrected chi connectivity index (χ4v) is 2.34. The zero-order valence-corrected chi connectivity index (χ0v) is 12.4. The molecule has 0 aromatic carbocycles. The lowest BCUT2D eigenvalue weighted by Crippen LogP contribution is -2.60. The number of nitrogens with one attached hydrogen (secondary N) is 1. The van der Waals surface area contributed by atoms with Crippen molar-refractivity contribution in [3.05, 3.63) is 0 Å². The van der Waals surface area contributed by atoms with Crippen molar-refractivity contribution in [1.82, 2.24) is 5.32 Å². The monoisotopic (exact) mass is 257 g/mol. The van der Waals surface area contributed by atoms with Crippen molar-refractivity contribution < 1.29 is 9.47 Å². The van der Waals surface area contributed by atoms with Gasteiger partial charge in [-0.15, -0.1) is 0 Å². The van der Waals surface area contributed by atoms with Gasteiger partial charge in [-0.25, -0.2) is 0 Å². The molecule has 0 spiro atoms. The van der Waals surface area contributed by atoms with Crippen molar-refractivity contribution in [2.75, 3.05) is 19.8 Å². The first kappa shape index (κ1) is 15.9. The van der Waals surface area contributed by atoms with Crippen LogP contribution in [-0.2, 0) is 9.47 Å². The standard InChI is InChI=1S/C15H31NO2/c1-4-7-8-11-17-14-12-13(16-9-5-2)15(14)18-10-6-3/h13-16H,4-12H2,1-3H3. The molecule has 18 heavy (non-hydrogen) atoms. The minimum Gasteiger partial charge on any atom is -0.375 e. The summed E-state index contributed by atoms with van der Waals surface area (Å²) < 4.78 is 11.9. The molecular formula is C15H31NO2. The van der Waals surface area contributed by atoms with Crippen LogP contribution in [0.25, 0.3) is 0 Å². The SMILES string of the molecule is CCCCCOC1CC(NCCC)C1OCCC. The summed E-state index contributed by atoms with van der Waals surface area (Å²) >= 11 is 0. The van der Waals surface area contributed by atoms with Crippen molar-refractivity contribution in [1.29, 1.82) is 0 Å². The van der Waals surface area contributed by atoms with Crippen LogP contribution in [0.4, 0.5) is 0 Å². The summed E-state index contributed by atoms with van der Waals surface area (Å²) in [4.78, 5) is 0.